The number of thioether (sulfide) groups is 1. The number of aliphatic hydroxyl groups is 1. The smallest absolute Gasteiger partial charge is 0.124 e. The predicted octanol–water partition coefficient (Wildman–Crippen LogP) is 3.67. The molecule has 2 unspecified atom stereocenters. The molecule has 1 aromatic carbocycles. The number of hydrogen-bond acceptors (Lipinski definition) is 2. The lowest BCUT2D eigenvalue weighted by Gasteiger charge is -2.29. The fourth-order valence-electron chi connectivity index (χ4n) is 2.17. The van der Waals surface area contributed by atoms with Gasteiger partial charge in [-0.2, -0.15) is 11.8 Å². The van der Waals surface area contributed by atoms with Crippen LogP contribution in [0.5, 0.6) is 0 Å². The topological polar surface area (TPSA) is 20.2 Å². The van der Waals surface area contributed by atoms with Gasteiger partial charge in [-0.25, -0.2) is 4.39 Å². The minimum Gasteiger partial charge on any atom is -0.391 e. The molecular formula is C13H16ClFOS. The van der Waals surface area contributed by atoms with Crippen molar-refractivity contribution in [1.29, 1.82) is 0 Å². The maximum Gasteiger partial charge on any atom is 0.124 e. The van der Waals surface area contributed by atoms with Crippen LogP contribution in [0.2, 0.25) is 5.02 Å². The molecule has 2 rings (SSSR count). The van der Waals surface area contributed by atoms with Crippen LogP contribution in [0.15, 0.2) is 18.2 Å². The second kappa shape index (κ2) is 5.17. The Morgan fingerprint density at radius 1 is 1.59 bits per heavy atom. The van der Waals surface area contributed by atoms with Crippen molar-refractivity contribution in [2.45, 2.75) is 37.0 Å². The third-order valence-electron chi connectivity index (χ3n) is 3.38. The van der Waals surface area contributed by atoms with Gasteiger partial charge in [0.05, 0.1) is 6.10 Å². The number of benzene rings is 1. The summed E-state index contributed by atoms with van der Waals surface area (Å²) in [4.78, 5) is 0. The van der Waals surface area contributed by atoms with Crippen LogP contribution >= 0.6 is 23.4 Å². The van der Waals surface area contributed by atoms with E-state index in [1.807, 2.05) is 11.8 Å². The van der Waals surface area contributed by atoms with E-state index < -0.39 is 6.10 Å². The first-order valence-corrected chi connectivity index (χ1v) is 7.13. The summed E-state index contributed by atoms with van der Waals surface area (Å²) in [5.74, 6) is 0.764. The molecule has 1 aliphatic heterocycles. The van der Waals surface area contributed by atoms with Crippen molar-refractivity contribution in [1.82, 2.24) is 0 Å². The van der Waals surface area contributed by atoms with Gasteiger partial charge in [0.2, 0.25) is 0 Å². The second-order valence-corrected chi connectivity index (χ2v) is 6.76. The Morgan fingerprint density at radius 3 is 2.94 bits per heavy atom. The van der Waals surface area contributed by atoms with E-state index >= 15 is 0 Å². The Hall–Kier alpha value is -0.250. The first-order valence-electron chi connectivity index (χ1n) is 5.77. The average Bonchev–Trinajstić information content (AvgIpc) is 2.71. The Morgan fingerprint density at radius 2 is 2.35 bits per heavy atom. The van der Waals surface area contributed by atoms with Gasteiger partial charge in [-0.15, -0.1) is 0 Å². The van der Waals surface area contributed by atoms with Crippen molar-refractivity contribution in [3.63, 3.8) is 0 Å². The van der Waals surface area contributed by atoms with Gasteiger partial charge < -0.3 is 5.11 Å². The highest BCUT2D eigenvalue weighted by atomic mass is 35.5. The van der Waals surface area contributed by atoms with Crippen molar-refractivity contribution >= 4 is 23.4 Å². The van der Waals surface area contributed by atoms with Crippen LogP contribution in [-0.2, 0) is 6.42 Å². The Labute approximate surface area is 110 Å². The standard InChI is InChI=1S/C13H16ClFOS/c1-13(5-2-6-17-13)12(16)7-9-3-4-10(15)8-11(9)14/h3-4,8,12,16H,2,5-7H2,1H3. The van der Waals surface area contributed by atoms with Gasteiger partial charge in [-0.3, -0.25) is 0 Å². The summed E-state index contributed by atoms with van der Waals surface area (Å²) in [5, 5.41) is 10.7. The highest BCUT2D eigenvalue weighted by molar-refractivity contribution is 8.00. The largest absolute Gasteiger partial charge is 0.391 e. The highest BCUT2D eigenvalue weighted by Gasteiger charge is 2.36. The fourth-order valence-corrected chi connectivity index (χ4v) is 3.74. The van der Waals surface area contributed by atoms with Gasteiger partial charge in [-0.05, 0) is 43.2 Å². The average molecular weight is 275 g/mol. The quantitative estimate of drug-likeness (QED) is 0.908. The van der Waals surface area contributed by atoms with Crippen molar-refractivity contribution < 1.29 is 9.50 Å². The molecule has 4 heteroatoms. The van der Waals surface area contributed by atoms with Gasteiger partial charge in [0.25, 0.3) is 0 Å². The summed E-state index contributed by atoms with van der Waals surface area (Å²) in [5.41, 5.74) is 0.814. The second-order valence-electron chi connectivity index (χ2n) is 4.72. The molecule has 0 aromatic heterocycles. The molecule has 17 heavy (non-hydrogen) atoms. The van der Waals surface area contributed by atoms with Gasteiger partial charge in [0.15, 0.2) is 0 Å². The molecule has 1 N–H and O–H groups in total. The number of aliphatic hydroxyl groups excluding tert-OH is 1. The molecule has 0 spiro atoms. The summed E-state index contributed by atoms with van der Waals surface area (Å²) in [6, 6.07) is 4.34. The van der Waals surface area contributed by atoms with Crippen LogP contribution in [0.4, 0.5) is 4.39 Å². The molecule has 0 bridgehead atoms. The molecule has 1 aliphatic rings. The van der Waals surface area contributed by atoms with Crippen molar-refractivity contribution in [2.24, 2.45) is 0 Å². The zero-order valence-corrected chi connectivity index (χ0v) is 11.3. The lowest BCUT2D eigenvalue weighted by Crippen LogP contribution is -2.35. The molecule has 1 fully saturated rings. The van der Waals surface area contributed by atoms with Crippen LogP contribution in [0.3, 0.4) is 0 Å². The van der Waals surface area contributed by atoms with Crippen molar-refractivity contribution in [2.75, 3.05) is 5.75 Å². The summed E-state index contributed by atoms with van der Waals surface area (Å²) < 4.78 is 12.8. The third-order valence-corrected chi connectivity index (χ3v) is 5.36. The minimum absolute atomic E-state index is 0.0856. The Balaban J connectivity index is 2.10. The molecule has 0 radical (unpaired) electrons. The van der Waals surface area contributed by atoms with Crippen molar-refractivity contribution in [3.8, 4) is 0 Å². The van der Waals surface area contributed by atoms with E-state index in [0.717, 1.165) is 24.2 Å². The summed E-state index contributed by atoms with van der Waals surface area (Å²) in [6.07, 6.45) is 2.23. The molecule has 1 nitrogen and oxygen atoms in total. The highest BCUT2D eigenvalue weighted by Crippen LogP contribution is 2.41. The van der Waals surface area contributed by atoms with E-state index in [0.29, 0.717) is 11.4 Å². The predicted molar refractivity (Wildman–Crippen MR) is 71.2 cm³/mol. The van der Waals surface area contributed by atoms with E-state index in [1.165, 1.54) is 12.1 Å². The van der Waals surface area contributed by atoms with E-state index in [1.54, 1.807) is 6.07 Å². The van der Waals surface area contributed by atoms with E-state index in [4.69, 9.17) is 11.6 Å². The molecule has 1 saturated heterocycles. The summed E-state index contributed by atoms with van der Waals surface area (Å²) in [7, 11) is 0. The maximum atomic E-state index is 12.9. The zero-order valence-electron chi connectivity index (χ0n) is 9.75. The fraction of sp³-hybridized carbons (Fsp3) is 0.538. The lowest BCUT2D eigenvalue weighted by atomic mass is 9.93. The van der Waals surface area contributed by atoms with E-state index in [2.05, 4.69) is 6.92 Å². The van der Waals surface area contributed by atoms with Crippen molar-refractivity contribution in [3.05, 3.63) is 34.6 Å². The summed E-state index contributed by atoms with van der Waals surface area (Å²) in [6.45, 7) is 2.09. The van der Waals surface area contributed by atoms with Gasteiger partial charge in [0, 0.05) is 16.2 Å². The van der Waals surface area contributed by atoms with E-state index in [9.17, 15) is 9.50 Å². The van der Waals surface area contributed by atoms with Crippen LogP contribution in [0.1, 0.15) is 25.3 Å². The number of halogens is 2. The van der Waals surface area contributed by atoms with Crippen LogP contribution < -0.4 is 0 Å². The van der Waals surface area contributed by atoms with E-state index in [-0.39, 0.29) is 10.6 Å². The SMILES string of the molecule is CC1(C(O)Cc2ccc(F)cc2Cl)CCCS1. The summed E-state index contributed by atoms with van der Waals surface area (Å²) >= 11 is 7.78. The minimum atomic E-state index is -0.432. The first-order chi connectivity index (χ1) is 8.01. The third kappa shape index (κ3) is 2.95. The molecule has 0 saturated carbocycles. The van der Waals surface area contributed by atoms with Crippen LogP contribution in [0.25, 0.3) is 0 Å². The number of rotatable bonds is 3. The molecule has 2 atom stereocenters. The molecular weight excluding hydrogens is 259 g/mol. The van der Waals surface area contributed by atoms with Crippen LogP contribution in [0, 0.1) is 5.82 Å². The maximum absolute atomic E-state index is 12.9. The molecule has 94 valence electrons. The lowest BCUT2D eigenvalue weighted by molar-refractivity contribution is 0.133. The molecule has 1 heterocycles. The molecule has 0 aliphatic carbocycles. The Kier molecular flexibility index (Phi) is 4.01. The first kappa shape index (κ1) is 13.2. The van der Waals surface area contributed by atoms with Crippen LogP contribution in [-0.4, -0.2) is 21.7 Å². The Bertz CT molecular complexity index is 404. The monoisotopic (exact) mass is 274 g/mol. The number of hydrogen-bond donors (Lipinski definition) is 1. The van der Waals surface area contributed by atoms with Gasteiger partial charge in [-0.1, -0.05) is 17.7 Å². The zero-order chi connectivity index (χ0) is 12.5. The molecule has 1 aromatic rings. The van der Waals surface area contributed by atoms with Gasteiger partial charge >= 0.3 is 0 Å². The molecule has 0 amide bonds. The van der Waals surface area contributed by atoms with Gasteiger partial charge in [0.1, 0.15) is 5.82 Å². The normalized spacial score (nSPS) is 26.1.